The van der Waals surface area contributed by atoms with Crippen LogP contribution in [-0.4, -0.2) is 15.7 Å². The van der Waals surface area contributed by atoms with Crippen LogP contribution in [0.5, 0.6) is 0 Å². The Kier molecular flexibility index (Phi) is 3.69. The lowest BCUT2D eigenvalue weighted by Gasteiger charge is -2.20. The first-order valence-electron chi connectivity index (χ1n) is 5.29. The summed E-state index contributed by atoms with van der Waals surface area (Å²) in [6.45, 7) is 9.60. The first-order valence-corrected chi connectivity index (χ1v) is 5.29. The molecule has 0 bridgehead atoms. The van der Waals surface area contributed by atoms with E-state index >= 15 is 0 Å². The van der Waals surface area contributed by atoms with Crippen LogP contribution >= 0.6 is 0 Å². The summed E-state index contributed by atoms with van der Waals surface area (Å²) in [5.41, 5.74) is 2.73. The molecule has 0 aromatic carbocycles. The van der Waals surface area contributed by atoms with Crippen molar-refractivity contribution in [3.63, 3.8) is 0 Å². The Bertz CT molecular complexity index is 270. The molecule has 0 amide bonds. The van der Waals surface area contributed by atoms with E-state index in [2.05, 4.69) is 43.2 Å². The quantitative estimate of drug-likeness (QED) is 0.773. The van der Waals surface area contributed by atoms with Crippen LogP contribution in [0.1, 0.15) is 45.4 Å². The molecular formula is C11H21N3. The predicted molar refractivity (Wildman–Crippen MR) is 59.2 cm³/mol. The minimum absolute atomic E-state index is 0.167. The summed E-state index contributed by atoms with van der Waals surface area (Å²) in [5, 5.41) is 10.6. The van der Waals surface area contributed by atoms with Gasteiger partial charge in [0, 0.05) is 23.3 Å². The number of H-pyrrole nitrogens is 1. The highest BCUT2D eigenvalue weighted by molar-refractivity contribution is 5.16. The molecule has 1 aromatic heterocycles. The van der Waals surface area contributed by atoms with Gasteiger partial charge in [0.05, 0.1) is 6.20 Å². The minimum atomic E-state index is 0.167. The zero-order valence-electron chi connectivity index (χ0n) is 9.65. The van der Waals surface area contributed by atoms with E-state index < -0.39 is 0 Å². The van der Waals surface area contributed by atoms with Crippen LogP contribution in [0.3, 0.4) is 0 Å². The monoisotopic (exact) mass is 195 g/mol. The SMILES string of the molecule is CCCc1[nH]ncc1CNC(C)(C)C. The van der Waals surface area contributed by atoms with E-state index in [0.717, 1.165) is 19.4 Å². The second-order valence-corrected chi connectivity index (χ2v) is 4.73. The second-order valence-electron chi connectivity index (χ2n) is 4.73. The van der Waals surface area contributed by atoms with Gasteiger partial charge in [0.1, 0.15) is 0 Å². The summed E-state index contributed by atoms with van der Waals surface area (Å²) in [5.74, 6) is 0. The third kappa shape index (κ3) is 3.50. The molecule has 0 aliphatic rings. The van der Waals surface area contributed by atoms with E-state index in [1.54, 1.807) is 0 Å². The summed E-state index contributed by atoms with van der Waals surface area (Å²) < 4.78 is 0. The molecule has 80 valence electrons. The lowest BCUT2D eigenvalue weighted by atomic mass is 10.1. The van der Waals surface area contributed by atoms with Crippen LogP contribution < -0.4 is 5.32 Å². The van der Waals surface area contributed by atoms with Crippen molar-refractivity contribution in [3.05, 3.63) is 17.5 Å². The van der Waals surface area contributed by atoms with Gasteiger partial charge in [0.15, 0.2) is 0 Å². The summed E-state index contributed by atoms with van der Waals surface area (Å²) in [6.07, 6.45) is 4.16. The van der Waals surface area contributed by atoms with Crippen molar-refractivity contribution in [2.24, 2.45) is 0 Å². The lowest BCUT2D eigenvalue weighted by molar-refractivity contribution is 0.423. The summed E-state index contributed by atoms with van der Waals surface area (Å²) in [7, 11) is 0. The zero-order chi connectivity index (χ0) is 10.6. The average molecular weight is 195 g/mol. The van der Waals surface area contributed by atoms with Gasteiger partial charge in [-0.15, -0.1) is 0 Å². The third-order valence-corrected chi connectivity index (χ3v) is 2.12. The lowest BCUT2D eigenvalue weighted by Crippen LogP contribution is -2.35. The molecule has 2 N–H and O–H groups in total. The third-order valence-electron chi connectivity index (χ3n) is 2.12. The molecule has 1 rings (SSSR count). The summed E-state index contributed by atoms with van der Waals surface area (Å²) in [6, 6.07) is 0. The molecule has 0 atom stereocenters. The molecule has 0 aliphatic carbocycles. The molecule has 0 saturated heterocycles. The molecule has 0 saturated carbocycles. The number of aromatic nitrogens is 2. The molecule has 0 aliphatic heterocycles. The molecule has 1 aromatic rings. The molecule has 14 heavy (non-hydrogen) atoms. The highest BCUT2D eigenvalue weighted by Gasteiger charge is 2.10. The fraction of sp³-hybridized carbons (Fsp3) is 0.727. The number of aryl methyl sites for hydroxylation is 1. The summed E-state index contributed by atoms with van der Waals surface area (Å²) >= 11 is 0. The number of rotatable bonds is 4. The van der Waals surface area contributed by atoms with Gasteiger partial charge < -0.3 is 5.32 Å². The van der Waals surface area contributed by atoms with Crippen molar-refractivity contribution < 1.29 is 0 Å². The Labute approximate surface area is 86.3 Å². The number of nitrogens with one attached hydrogen (secondary N) is 2. The van der Waals surface area contributed by atoms with Gasteiger partial charge >= 0.3 is 0 Å². The number of aromatic amines is 1. The number of hydrogen-bond donors (Lipinski definition) is 2. The van der Waals surface area contributed by atoms with E-state index in [9.17, 15) is 0 Å². The van der Waals surface area contributed by atoms with Crippen LogP contribution in [0.15, 0.2) is 6.20 Å². The number of hydrogen-bond acceptors (Lipinski definition) is 2. The Morgan fingerprint density at radius 1 is 1.43 bits per heavy atom. The standard InChI is InChI=1S/C11H21N3/c1-5-6-10-9(8-13-14-10)7-12-11(2,3)4/h8,12H,5-7H2,1-4H3,(H,13,14). The smallest absolute Gasteiger partial charge is 0.0535 e. The molecule has 3 nitrogen and oxygen atoms in total. The van der Waals surface area contributed by atoms with Crippen LogP contribution in [0.2, 0.25) is 0 Å². The zero-order valence-corrected chi connectivity index (χ0v) is 9.65. The van der Waals surface area contributed by atoms with Gasteiger partial charge in [-0.25, -0.2) is 0 Å². The van der Waals surface area contributed by atoms with Crippen LogP contribution in [0.4, 0.5) is 0 Å². The van der Waals surface area contributed by atoms with Crippen molar-refractivity contribution in [1.29, 1.82) is 0 Å². The van der Waals surface area contributed by atoms with Crippen LogP contribution in [-0.2, 0) is 13.0 Å². The molecule has 3 heteroatoms. The van der Waals surface area contributed by atoms with Crippen LogP contribution in [0.25, 0.3) is 0 Å². The highest BCUT2D eigenvalue weighted by atomic mass is 15.1. The maximum Gasteiger partial charge on any atom is 0.0535 e. The Balaban J connectivity index is 2.53. The van der Waals surface area contributed by atoms with Crippen LogP contribution in [0, 0.1) is 0 Å². The number of nitrogens with zero attached hydrogens (tertiary/aromatic N) is 1. The molecule has 0 spiro atoms. The van der Waals surface area contributed by atoms with E-state index in [4.69, 9.17) is 0 Å². The first kappa shape index (κ1) is 11.2. The molecule has 0 unspecified atom stereocenters. The van der Waals surface area contributed by atoms with Gasteiger partial charge in [-0.3, -0.25) is 5.10 Å². The van der Waals surface area contributed by atoms with E-state index in [1.165, 1.54) is 11.3 Å². The molecular weight excluding hydrogens is 174 g/mol. The Hall–Kier alpha value is -0.830. The Morgan fingerprint density at radius 3 is 2.71 bits per heavy atom. The first-order chi connectivity index (χ1) is 6.53. The largest absolute Gasteiger partial charge is 0.308 e. The molecule has 0 fully saturated rings. The summed E-state index contributed by atoms with van der Waals surface area (Å²) in [4.78, 5) is 0. The fourth-order valence-electron chi connectivity index (χ4n) is 1.32. The Morgan fingerprint density at radius 2 is 2.14 bits per heavy atom. The topological polar surface area (TPSA) is 40.7 Å². The maximum atomic E-state index is 4.08. The normalized spacial score (nSPS) is 12.0. The minimum Gasteiger partial charge on any atom is -0.308 e. The average Bonchev–Trinajstić information content (AvgIpc) is 2.48. The van der Waals surface area contributed by atoms with Gasteiger partial charge in [-0.2, -0.15) is 5.10 Å². The van der Waals surface area contributed by atoms with Gasteiger partial charge in [0.2, 0.25) is 0 Å². The molecule has 0 radical (unpaired) electrons. The van der Waals surface area contributed by atoms with Crippen molar-refractivity contribution in [2.45, 2.75) is 52.6 Å². The van der Waals surface area contributed by atoms with Crippen molar-refractivity contribution in [3.8, 4) is 0 Å². The van der Waals surface area contributed by atoms with E-state index in [-0.39, 0.29) is 5.54 Å². The predicted octanol–water partition coefficient (Wildman–Crippen LogP) is 2.25. The maximum absolute atomic E-state index is 4.08. The highest BCUT2D eigenvalue weighted by Crippen LogP contribution is 2.09. The van der Waals surface area contributed by atoms with Gasteiger partial charge in [-0.1, -0.05) is 13.3 Å². The molecule has 1 heterocycles. The van der Waals surface area contributed by atoms with Crippen molar-refractivity contribution in [2.75, 3.05) is 0 Å². The van der Waals surface area contributed by atoms with Crippen molar-refractivity contribution >= 4 is 0 Å². The van der Waals surface area contributed by atoms with Gasteiger partial charge in [0.25, 0.3) is 0 Å². The second kappa shape index (κ2) is 4.60. The van der Waals surface area contributed by atoms with Gasteiger partial charge in [-0.05, 0) is 27.2 Å². The van der Waals surface area contributed by atoms with Crippen molar-refractivity contribution in [1.82, 2.24) is 15.5 Å². The van der Waals surface area contributed by atoms with E-state index in [0.29, 0.717) is 0 Å². The van der Waals surface area contributed by atoms with E-state index in [1.807, 2.05) is 6.20 Å². The fourth-order valence-corrected chi connectivity index (χ4v) is 1.32.